The Morgan fingerprint density at radius 2 is 1.50 bits per heavy atom. The minimum Gasteiger partial charge on any atom is -0.347 e. The zero-order valence-corrected chi connectivity index (χ0v) is 13.2. The molecule has 0 rings (SSSR count). The predicted molar refractivity (Wildman–Crippen MR) is 78.8 cm³/mol. The van der Waals surface area contributed by atoms with Crippen molar-refractivity contribution in [1.82, 2.24) is 10.6 Å². The lowest BCUT2D eigenvalue weighted by Crippen LogP contribution is -2.38. The Bertz CT molecular complexity index is 194. The van der Waals surface area contributed by atoms with Crippen molar-refractivity contribution in [3.63, 3.8) is 0 Å². The number of hydrogen-bond acceptors (Lipinski definition) is 3. The fraction of sp³-hybridized carbons (Fsp3) is 0.857. The highest BCUT2D eigenvalue weighted by Gasteiger charge is 2.13. The molecule has 4 heteroatoms. The number of Topliss-reactive ketones (excluding diaryl/α,β-unsaturated/α-hetero) is 1. The molecule has 0 bridgehead atoms. The molecule has 1 unspecified atom stereocenters. The second-order valence-electron chi connectivity index (χ2n) is 3.46. The molecule has 0 radical (unpaired) electrons. The molecule has 1 amide bonds. The van der Waals surface area contributed by atoms with Crippen LogP contribution in [0.25, 0.3) is 0 Å². The Morgan fingerprint density at radius 3 is 1.83 bits per heavy atom. The third-order valence-electron chi connectivity index (χ3n) is 2.04. The molecule has 0 aliphatic carbocycles. The maximum Gasteiger partial charge on any atom is 0.217 e. The van der Waals surface area contributed by atoms with Gasteiger partial charge in [0.15, 0.2) is 5.78 Å². The van der Waals surface area contributed by atoms with E-state index in [0.717, 1.165) is 25.8 Å². The van der Waals surface area contributed by atoms with Gasteiger partial charge >= 0.3 is 0 Å². The Balaban J connectivity index is -0.000000506. The largest absolute Gasteiger partial charge is 0.347 e. The lowest BCUT2D eigenvalue weighted by atomic mass is 10.1. The average Bonchev–Trinajstić information content (AvgIpc) is 2.37. The summed E-state index contributed by atoms with van der Waals surface area (Å²) in [6.07, 6.45) is 2.71. The van der Waals surface area contributed by atoms with Gasteiger partial charge < -0.3 is 10.6 Å². The molecule has 0 aromatic rings. The van der Waals surface area contributed by atoms with Gasteiger partial charge in [-0.3, -0.25) is 9.59 Å². The van der Waals surface area contributed by atoms with Crippen molar-refractivity contribution in [1.29, 1.82) is 0 Å². The van der Waals surface area contributed by atoms with Gasteiger partial charge in [0, 0.05) is 6.92 Å². The average molecular weight is 260 g/mol. The zero-order valence-electron chi connectivity index (χ0n) is 13.2. The Labute approximate surface area is 113 Å². The Hall–Kier alpha value is -0.900. The molecule has 110 valence electrons. The quantitative estimate of drug-likeness (QED) is 0.692. The summed E-state index contributed by atoms with van der Waals surface area (Å²) in [5, 5.41) is 5.69. The number of nitrogens with one attached hydrogen (secondary N) is 2. The maximum absolute atomic E-state index is 11.1. The number of carbonyl (C=O) groups is 2. The second-order valence-corrected chi connectivity index (χ2v) is 3.46. The van der Waals surface area contributed by atoms with Crippen molar-refractivity contribution in [2.75, 3.05) is 13.6 Å². The first-order valence-electron chi connectivity index (χ1n) is 7.00. The van der Waals surface area contributed by atoms with Crippen LogP contribution >= 0.6 is 0 Å². The number of rotatable bonds is 7. The molecule has 0 aromatic carbocycles. The van der Waals surface area contributed by atoms with Crippen LogP contribution in [0.15, 0.2) is 0 Å². The highest BCUT2D eigenvalue weighted by molar-refractivity contribution is 5.86. The van der Waals surface area contributed by atoms with Gasteiger partial charge in [0.25, 0.3) is 0 Å². The van der Waals surface area contributed by atoms with Crippen LogP contribution in [0.3, 0.4) is 0 Å². The van der Waals surface area contributed by atoms with E-state index in [0.29, 0.717) is 0 Å². The fourth-order valence-electron chi connectivity index (χ4n) is 1.27. The first-order valence-corrected chi connectivity index (χ1v) is 7.00. The van der Waals surface area contributed by atoms with Gasteiger partial charge in [-0.05, 0) is 39.8 Å². The number of ketones is 1. The second kappa shape index (κ2) is 18.5. The Morgan fingerprint density at radius 1 is 1.00 bits per heavy atom. The summed E-state index contributed by atoms with van der Waals surface area (Å²) in [5.74, 6) is -0.108. The first-order chi connectivity index (χ1) is 8.57. The van der Waals surface area contributed by atoms with Gasteiger partial charge in [-0.25, -0.2) is 0 Å². The molecule has 0 saturated carbocycles. The summed E-state index contributed by atoms with van der Waals surface area (Å²) in [7, 11) is 1.90. The topological polar surface area (TPSA) is 58.2 Å². The molecule has 0 fully saturated rings. The Kier molecular flexibility index (Phi) is 22.9. The van der Waals surface area contributed by atoms with E-state index in [2.05, 4.69) is 10.6 Å². The molecule has 18 heavy (non-hydrogen) atoms. The summed E-state index contributed by atoms with van der Waals surface area (Å²) in [5.41, 5.74) is 0. The molecule has 2 N–H and O–H groups in total. The lowest BCUT2D eigenvalue weighted by molar-refractivity contribution is -0.125. The molecule has 0 saturated heterocycles. The van der Waals surface area contributed by atoms with Crippen molar-refractivity contribution < 1.29 is 9.59 Å². The minimum atomic E-state index is -0.302. The number of unbranched alkanes of at least 4 members (excludes halogenated alkanes) is 1. The first kappa shape index (κ1) is 22.3. The van der Waals surface area contributed by atoms with E-state index in [1.54, 1.807) is 0 Å². The van der Waals surface area contributed by atoms with E-state index >= 15 is 0 Å². The van der Waals surface area contributed by atoms with E-state index in [-0.39, 0.29) is 17.7 Å². The van der Waals surface area contributed by atoms with Crippen LogP contribution in [-0.2, 0) is 9.59 Å². The molecule has 0 spiro atoms. The molecule has 4 nitrogen and oxygen atoms in total. The highest BCUT2D eigenvalue weighted by atomic mass is 16.2. The molecule has 0 aromatic heterocycles. The number of carbonyl (C=O) groups excluding carboxylic acids is 2. The van der Waals surface area contributed by atoms with E-state index in [4.69, 9.17) is 0 Å². The molecule has 0 aliphatic heterocycles. The van der Waals surface area contributed by atoms with Gasteiger partial charge in [0.2, 0.25) is 5.91 Å². The van der Waals surface area contributed by atoms with Crippen LogP contribution in [-0.4, -0.2) is 31.3 Å². The highest BCUT2D eigenvalue weighted by Crippen LogP contribution is 2.01. The molecule has 0 heterocycles. The van der Waals surface area contributed by atoms with E-state index < -0.39 is 0 Å². The SMILES string of the molecule is CC.CC.CNCCCCC(NC(C)=O)C(C)=O. The summed E-state index contributed by atoms with van der Waals surface area (Å²) in [6, 6.07) is -0.302. The van der Waals surface area contributed by atoms with Gasteiger partial charge in [-0.1, -0.05) is 27.7 Å². The van der Waals surface area contributed by atoms with Crippen molar-refractivity contribution in [3.8, 4) is 0 Å². The summed E-state index contributed by atoms with van der Waals surface area (Å²) in [4.78, 5) is 21.9. The zero-order chi connectivity index (χ0) is 15.0. The molecule has 0 aliphatic rings. The third kappa shape index (κ3) is 17.5. The number of amides is 1. The summed E-state index contributed by atoms with van der Waals surface area (Å²) in [6.45, 7) is 11.9. The van der Waals surface area contributed by atoms with Crippen LogP contribution in [0, 0.1) is 0 Å². The van der Waals surface area contributed by atoms with E-state index in [1.165, 1.54) is 13.8 Å². The van der Waals surface area contributed by atoms with E-state index in [9.17, 15) is 9.59 Å². The summed E-state index contributed by atoms with van der Waals surface area (Å²) >= 11 is 0. The monoisotopic (exact) mass is 260 g/mol. The van der Waals surface area contributed by atoms with Gasteiger partial charge in [-0.15, -0.1) is 0 Å². The van der Waals surface area contributed by atoms with Gasteiger partial charge in [0.05, 0.1) is 6.04 Å². The van der Waals surface area contributed by atoms with Crippen LogP contribution in [0.1, 0.15) is 60.8 Å². The van der Waals surface area contributed by atoms with Crippen LogP contribution in [0.5, 0.6) is 0 Å². The third-order valence-corrected chi connectivity index (χ3v) is 2.04. The van der Waals surface area contributed by atoms with Crippen molar-refractivity contribution >= 4 is 11.7 Å². The predicted octanol–water partition coefficient (Wildman–Crippen LogP) is 2.52. The maximum atomic E-state index is 11.1. The van der Waals surface area contributed by atoms with Gasteiger partial charge in [-0.2, -0.15) is 0 Å². The van der Waals surface area contributed by atoms with Crippen molar-refractivity contribution in [2.24, 2.45) is 0 Å². The van der Waals surface area contributed by atoms with E-state index in [1.807, 2.05) is 34.7 Å². The molecular weight excluding hydrogens is 228 g/mol. The molecular formula is C14H32N2O2. The van der Waals surface area contributed by atoms with Crippen LogP contribution < -0.4 is 10.6 Å². The number of hydrogen-bond donors (Lipinski definition) is 2. The van der Waals surface area contributed by atoms with Crippen molar-refractivity contribution in [3.05, 3.63) is 0 Å². The minimum absolute atomic E-state index is 0.0321. The fourth-order valence-corrected chi connectivity index (χ4v) is 1.27. The lowest BCUT2D eigenvalue weighted by Gasteiger charge is -2.14. The molecule has 1 atom stereocenters. The van der Waals surface area contributed by atoms with Crippen molar-refractivity contribution in [2.45, 2.75) is 66.8 Å². The standard InChI is InChI=1S/C10H20N2O2.2C2H6/c1-8(13)10(12-9(2)14)6-4-5-7-11-3;2*1-2/h10-11H,4-7H2,1-3H3,(H,12,14);2*1-2H3. The van der Waals surface area contributed by atoms with Crippen LogP contribution in [0.2, 0.25) is 0 Å². The smallest absolute Gasteiger partial charge is 0.217 e. The van der Waals surface area contributed by atoms with Crippen LogP contribution in [0.4, 0.5) is 0 Å². The summed E-state index contributed by atoms with van der Waals surface area (Å²) < 4.78 is 0. The normalized spacial score (nSPS) is 10.2. The van der Waals surface area contributed by atoms with Gasteiger partial charge in [0.1, 0.15) is 0 Å².